The van der Waals surface area contributed by atoms with Crippen molar-refractivity contribution in [3.63, 3.8) is 0 Å². The second-order valence-corrected chi connectivity index (χ2v) is 6.35. The fraction of sp³-hybridized carbons (Fsp3) is 0.412. The molecule has 8 heteroatoms. The second-order valence-electron chi connectivity index (χ2n) is 6.35. The van der Waals surface area contributed by atoms with Crippen LogP contribution in [0, 0.1) is 0 Å². The number of halogens is 3. The van der Waals surface area contributed by atoms with Gasteiger partial charge in [-0.3, -0.25) is 4.68 Å². The Kier molecular flexibility index (Phi) is 3.61. The summed E-state index contributed by atoms with van der Waals surface area (Å²) in [5.41, 5.74) is 3.75. The molecule has 132 valence electrons. The fourth-order valence-corrected chi connectivity index (χ4v) is 3.23. The van der Waals surface area contributed by atoms with Gasteiger partial charge in [0, 0.05) is 17.8 Å². The Morgan fingerprint density at radius 1 is 1.12 bits per heavy atom. The molecule has 0 saturated carbocycles. The van der Waals surface area contributed by atoms with Gasteiger partial charge in [-0.25, -0.2) is 0 Å². The van der Waals surface area contributed by atoms with Crippen molar-refractivity contribution in [2.75, 3.05) is 0 Å². The highest BCUT2D eigenvalue weighted by atomic mass is 19.4. The van der Waals surface area contributed by atoms with Gasteiger partial charge in [0.2, 0.25) is 0 Å². The lowest BCUT2D eigenvalue weighted by Crippen LogP contribution is -2.45. The number of oxime groups is 1. The maximum absolute atomic E-state index is 12.8. The molecule has 1 aromatic carbocycles. The van der Waals surface area contributed by atoms with E-state index >= 15 is 0 Å². The van der Waals surface area contributed by atoms with Crippen molar-refractivity contribution in [3.05, 3.63) is 41.7 Å². The van der Waals surface area contributed by atoms with E-state index in [-0.39, 0.29) is 5.71 Å². The van der Waals surface area contributed by atoms with Gasteiger partial charge in [0.15, 0.2) is 0 Å². The number of aryl methyl sites for hydroxylation is 1. The Hall–Kier alpha value is -2.35. The van der Waals surface area contributed by atoms with Crippen molar-refractivity contribution in [1.82, 2.24) is 9.78 Å². The summed E-state index contributed by atoms with van der Waals surface area (Å²) in [5.74, 6) is -3.24. The summed E-state index contributed by atoms with van der Waals surface area (Å²) >= 11 is 0. The molecule has 0 amide bonds. The number of nitrogens with zero attached hydrogens (tertiary/aromatic N) is 3. The zero-order valence-electron chi connectivity index (χ0n) is 13.3. The van der Waals surface area contributed by atoms with E-state index in [1.807, 2.05) is 23.0 Å². The SMILES string of the molecule is OC1(C(F)(F)F)CC(c2ccc(-c3cnn4c3CCCC4)cc2)=NO1. The van der Waals surface area contributed by atoms with Gasteiger partial charge in [-0.1, -0.05) is 29.4 Å². The molecule has 0 aliphatic carbocycles. The molecule has 1 N–H and O–H groups in total. The van der Waals surface area contributed by atoms with Crippen LogP contribution in [0.1, 0.15) is 30.5 Å². The Balaban J connectivity index is 1.57. The lowest BCUT2D eigenvalue weighted by Gasteiger charge is -2.22. The average molecular weight is 351 g/mol. The minimum Gasteiger partial charge on any atom is -0.350 e. The Bertz CT molecular complexity index is 827. The molecule has 4 rings (SSSR count). The number of hydrogen-bond donors (Lipinski definition) is 1. The lowest BCUT2D eigenvalue weighted by atomic mass is 9.97. The Labute approximate surface area is 141 Å². The molecule has 0 fully saturated rings. The smallest absolute Gasteiger partial charge is 0.350 e. The molecular weight excluding hydrogens is 335 g/mol. The van der Waals surface area contributed by atoms with Crippen molar-refractivity contribution in [1.29, 1.82) is 0 Å². The highest BCUT2D eigenvalue weighted by Gasteiger charge is 2.60. The van der Waals surface area contributed by atoms with Crippen LogP contribution < -0.4 is 0 Å². The van der Waals surface area contributed by atoms with Crippen molar-refractivity contribution in [3.8, 4) is 11.1 Å². The van der Waals surface area contributed by atoms with Crippen LogP contribution in [-0.4, -0.2) is 32.6 Å². The van der Waals surface area contributed by atoms with Gasteiger partial charge < -0.3 is 9.94 Å². The predicted molar refractivity (Wildman–Crippen MR) is 83.8 cm³/mol. The minimum absolute atomic E-state index is 0.0726. The summed E-state index contributed by atoms with van der Waals surface area (Å²) in [6, 6.07) is 7.03. The summed E-state index contributed by atoms with van der Waals surface area (Å²) in [5, 5.41) is 17.3. The molecule has 0 radical (unpaired) electrons. The van der Waals surface area contributed by atoms with E-state index in [2.05, 4.69) is 15.1 Å². The number of benzene rings is 1. The number of alkyl halides is 3. The molecule has 0 spiro atoms. The van der Waals surface area contributed by atoms with Crippen LogP contribution in [0.15, 0.2) is 35.6 Å². The van der Waals surface area contributed by atoms with Gasteiger partial charge >= 0.3 is 12.0 Å². The van der Waals surface area contributed by atoms with Crippen LogP contribution in [0.5, 0.6) is 0 Å². The van der Waals surface area contributed by atoms with Crippen LogP contribution in [0.2, 0.25) is 0 Å². The minimum atomic E-state index is -4.89. The van der Waals surface area contributed by atoms with E-state index in [1.54, 1.807) is 12.1 Å². The normalized spacial score (nSPS) is 23.1. The van der Waals surface area contributed by atoms with Gasteiger partial charge in [-0.05, 0) is 30.4 Å². The van der Waals surface area contributed by atoms with Crippen LogP contribution >= 0.6 is 0 Å². The standard InChI is InChI=1S/C17H16F3N3O2/c18-17(19,20)16(24)9-14(22-25-16)12-6-4-11(5-7-12)13-10-21-23-8-2-1-3-15(13)23/h4-7,10,24H,1-3,8-9H2. The first-order valence-corrected chi connectivity index (χ1v) is 8.07. The maximum atomic E-state index is 12.8. The number of rotatable bonds is 2. The number of hydrogen-bond acceptors (Lipinski definition) is 4. The van der Waals surface area contributed by atoms with E-state index < -0.39 is 18.4 Å². The van der Waals surface area contributed by atoms with Crippen LogP contribution in [0.25, 0.3) is 11.1 Å². The maximum Gasteiger partial charge on any atom is 0.458 e. The second kappa shape index (κ2) is 5.59. The molecular formula is C17H16F3N3O2. The van der Waals surface area contributed by atoms with Gasteiger partial charge in [0.25, 0.3) is 0 Å². The third kappa shape index (κ3) is 2.70. The van der Waals surface area contributed by atoms with Crippen LogP contribution in [-0.2, 0) is 17.8 Å². The van der Waals surface area contributed by atoms with E-state index in [1.165, 1.54) is 5.69 Å². The third-order valence-corrected chi connectivity index (χ3v) is 4.67. The number of aromatic nitrogens is 2. The van der Waals surface area contributed by atoms with Crippen LogP contribution in [0.3, 0.4) is 0 Å². The summed E-state index contributed by atoms with van der Waals surface area (Å²) in [4.78, 5) is 4.25. The zero-order chi connectivity index (χ0) is 17.7. The quantitative estimate of drug-likeness (QED) is 0.903. The summed E-state index contributed by atoms with van der Waals surface area (Å²) in [6.07, 6.45) is -0.574. The zero-order valence-corrected chi connectivity index (χ0v) is 13.3. The summed E-state index contributed by atoms with van der Waals surface area (Å²) in [6.45, 7) is 0.914. The first kappa shape index (κ1) is 16.1. The number of fused-ring (bicyclic) bond motifs is 1. The summed E-state index contributed by atoms with van der Waals surface area (Å²) < 4.78 is 40.4. The molecule has 1 aromatic heterocycles. The predicted octanol–water partition coefficient (Wildman–Crippen LogP) is 3.26. The van der Waals surface area contributed by atoms with Crippen molar-refractivity contribution < 1.29 is 23.1 Å². The van der Waals surface area contributed by atoms with Gasteiger partial charge in [-0.2, -0.15) is 18.3 Å². The Morgan fingerprint density at radius 2 is 1.84 bits per heavy atom. The van der Waals surface area contributed by atoms with Gasteiger partial charge in [0.1, 0.15) is 0 Å². The molecule has 0 bridgehead atoms. The first-order valence-electron chi connectivity index (χ1n) is 8.07. The number of aliphatic hydroxyl groups is 1. The summed E-state index contributed by atoms with van der Waals surface area (Å²) in [7, 11) is 0. The molecule has 2 aliphatic rings. The lowest BCUT2D eigenvalue weighted by molar-refractivity contribution is -0.355. The first-order chi connectivity index (χ1) is 11.9. The molecule has 5 nitrogen and oxygen atoms in total. The van der Waals surface area contributed by atoms with Crippen molar-refractivity contribution >= 4 is 5.71 Å². The molecule has 3 heterocycles. The largest absolute Gasteiger partial charge is 0.458 e. The molecule has 0 saturated heterocycles. The highest BCUT2D eigenvalue weighted by Crippen LogP contribution is 2.39. The topological polar surface area (TPSA) is 59.6 Å². The molecule has 1 atom stereocenters. The van der Waals surface area contributed by atoms with Crippen molar-refractivity contribution in [2.24, 2.45) is 5.16 Å². The van der Waals surface area contributed by atoms with Gasteiger partial charge in [-0.15, -0.1) is 0 Å². The van der Waals surface area contributed by atoms with Crippen molar-refractivity contribution in [2.45, 2.75) is 44.2 Å². The van der Waals surface area contributed by atoms with Gasteiger partial charge in [0.05, 0.1) is 18.3 Å². The van der Waals surface area contributed by atoms with E-state index in [4.69, 9.17) is 0 Å². The third-order valence-electron chi connectivity index (χ3n) is 4.67. The molecule has 2 aromatic rings. The molecule has 25 heavy (non-hydrogen) atoms. The van der Waals surface area contributed by atoms with E-state index in [9.17, 15) is 18.3 Å². The molecule has 2 aliphatic heterocycles. The highest BCUT2D eigenvalue weighted by molar-refractivity contribution is 6.01. The van der Waals surface area contributed by atoms with E-state index in [0.29, 0.717) is 5.56 Å². The van der Waals surface area contributed by atoms with Crippen LogP contribution in [0.4, 0.5) is 13.2 Å². The fourth-order valence-electron chi connectivity index (χ4n) is 3.23. The Morgan fingerprint density at radius 3 is 2.52 bits per heavy atom. The average Bonchev–Trinajstić information content (AvgIpc) is 3.19. The molecule has 1 unspecified atom stereocenters. The monoisotopic (exact) mass is 351 g/mol. The van der Waals surface area contributed by atoms with E-state index in [0.717, 1.165) is 36.9 Å².